The summed E-state index contributed by atoms with van der Waals surface area (Å²) in [4.78, 5) is 24.3. The first kappa shape index (κ1) is 26.5. The molecule has 0 fully saturated rings. The number of halogens is 2. The van der Waals surface area contributed by atoms with Gasteiger partial charge in [0, 0.05) is 34.4 Å². The van der Waals surface area contributed by atoms with Gasteiger partial charge in [-0.15, -0.1) is 0 Å². The molecular weight excluding hydrogens is 530 g/mol. The molecule has 1 amide bonds. The van der Waals surface area contributed by atoms with Gasteiger partial charge in [0.05, 0.1) is 45.2 Å². The standard InChI is InChI=1S/C31H28F2N4O4/c1-31(2)16-41-25-12-18(9-11-20(25)31)34-29-27-23(35-28(36-29)26-21(32)6-5-7-22(26)33)15-37(30(27)38)14-17-8-10-19(39-3)13-24(17)40-4/h5-13H,14-16H2,1-4H3,(H,34,35,36). The van der Waals surface area contributed by atoms with Gasteiger partial charge in [-0.1, -0.05) is 26.0 Å². The van der Waals surface area contributed by atoms with Gasteiger partial charge in [0.1, 0.15) is 40.3 Å². The molecule has 0 radical (unpaired) electrons. The number of rotatable bonds is 7. The number of nitrogens with one attached hydrogen (secondary N) is 1. The van der Waals surface area contributed by atoms with Gasteiger partial charge in [0.15, 0.2) is 5.82 Å². The van der Waals surface area contributed by atoms with Crippen molar-refractivity contribution in [3.63, 3.8) is 0 Å². The second-order valence-corrected chi connectivity index (χ2v) is 10.7. The Kier molecular flexibility index (Phi) is 6.48. The predicted molar refractivity (Wildman–Crippen MR) is 149 cm³/mol. The van der Waals surface area contributed by atoms with Crippen LogP contribution in [0.2, 0.25) is 0 Å². The molecule has 0 unspecified atom stereocenters. The van der Waals surface area contributed by atoms with Gasteiger partial charge in [0.2, 0.25) is 0 Å². The fourth-order valence-electron chi connectivity index (χ4n) is 5.24. The lowest BCUT2D eigenvalue weighted by Crippen LogP contribution is -2.24. The van der Waals surface area contributed by atoms with E-state index in [0.717, 1.165) is 29.0 Å². The van der Waals surface area contributed by atoms with Gasteiger partial charge in [-0.05, 0) is 30.3 Å². The van der Waals surface area contributed by atoms with Crippen LogP contribution in [-0.2, 0) is 18.5 Å². The molecule has 0 bridgehead atoms. The van der Waals surface area contributed by atoms with Gasteiger partial charge in [-0.25, -0.2) is 18.7 Å². The molecule has 0 spiro atoms. The molecule has 2 aliphatic heterocycles. The molecule has 0 aliphatic carbocycles. The molecule has 6 rings (SSSR count). The van der Waals surface area contributed by atoms with Crippen molar-refractivity contribution in [1.29, 1.82) is 0 Å². The number of hydrogen-bond acceptors (Lipinski definition) is 7. The van der Waals surface area contributed by atoms with Crippen molar-refractivity contribution in [1.82, 2.24) is 14.9 Å². The summed E-state index contributed by atoms with van der Waals surface area (Å²) >= 11 is 0. The lowest BCUT2D eigenvalue weighted by molar-refractivity contribution is 0.0765. The third-order valence-corrected chi connectivity index (χ3v) is 7.43. The van der Waals surface area contributed by atoms with Gasteiger partial charge >= 0.3 is 0 Å². The number of nitrogens with zero attached hydrogens (tertiary/aromatic N) is 3. The van der Waals surface area contributed by atoms with E-state index in [1.165, 1.54) is 6.07 Å². The molecule has 0 saturated carbocycles. The van der Waals surface area contributed by atoms with Crippen molar-refractivity contribution in [2.45, 2.75) is 32.4 Å². The Morgan fingerprint density at radius 3 is 2.51 bits per heavy atom. The van der Waals surface area contributed by atoms with Crippen molar-refractivity contribution >= 4 is 17.4 Å². The van der Waals surface area contributed by atoms with Crippen molar-refractivity contribution in [3.05, 3.63) is 88.6 Å². The lowest BCUT2D eigenvalue weighted by atomic mass is 9.87. The highest BCUT2D eigenvalue weighted by molar-refractivity contribution is 6.03. The highest BCUT2D eigenvalue weighted by Gasteiger charge is 2.35. The monoisotopic (exact) mass is 558 g/mol. The van der Waals surface area contributed by atoms with Gasteiger partial charge < -0.3 is 24.4 Å². The number of fused-ring (bicyclic) bond motifs is 2. The number of amides is 1. The second kappa shape index (κ2) is 10.0. The average Bonchev–Trinajstić information content (AvgIpc) is 3.43. The Morgan fingerprint density at radius 2 is 1.78 bits per heavy atom. The number of carbonyl (C=O) groups excluding carboxylic acids is 1. The minimum Gasteiger partial charge on any atom is -0.497 e. The van der Waals surface area contributed by atoms with E-state index in [1.807, 2.05) is 24.3 Å². The summed E-state index contributed by atoms with van der Waals surface area (Å²) in [5.41, 5.74) is 2.55. The molecule has 41 heavy (non-hydrogen) atoms. The van der Waals surface area contributed by atoms with E-state index >= 15 is 0 Å². The molecule has 4 aromatic rings. The maximum atomic E-state index is 14.8. The molecule has 10 heteroatoms. The predicted octanol–water partition coefficient (Wildman–Crippen LogP) is 6.01. The molecular formula is C31H28F2N4O4. The Morgan fingerprint density at radius 1 is 1.00 bits per heavy atom. The van der Waals surface area contributed by atoms with Crippen LogP contribution in [-0.4, -0.2) is 41.6 Å². The van der Waals surface area contributed by atoms with Crippen LogP contribution in [0.25, 0.3) is 11.4 Å². The molecule has 0 saturated heterocycles. The molecule has 3 aromatic carbocycles. The molecule has 1 N–H and O–H groups in total. The summed E-state index contributed by atoms with van der Waals surface area (Å²) in [5.74, 6) is -0.00683. The zero-order chi connectivity index (χ0) is 28.9. The zero-order valence-corrected chi connectivity index (χ0v) is 23.0. The van der Waals surface area contributed by atoms with Crippen molar-refractivity contribution in [2.75, 3.05) is 26.1 Å². The fraction of sp³-hybridized carbons (Fsp3) is 0.258. The number of anilines is 2. The van der Waals surface area contributed by atoms with Crippen LogP contribution in [0.3, 0.4) is 0 Å². The Labute approximate surface area is 235 Å². The fourth-order valence-corrected chi connectivity index (χ4v) is 5.24. The summed E-state index contributed by atoms with van der Waals surface area (Å²) < 4.78 is 46.3. The second-order valence-electron chi connectivity index (χ2n) is 10.7. The van der Waals surface area contributed by atoms with E-state index in [-0.39, 0.29) is 47.2 Å². The number of benzene rings is 3. The highest BCUT2D eigenvalue weighted by Crippen LogP contribution is 2.41. The summed E-state index contributed by atoms with van der Waals surface area (Å²) in [6, 6.07) is 14.6. The summed E-state index contributed by atoms with van der Waals surface area (Å²) in [6.07, 6.45) is 0. The maximum Gasteiger partial charge on any atom is 0.260 e. The minimum absolute atomic E-state index is 0.116. The first-order chi connectivity index (χ1) is 19.7. The smallest absolute Gasteiger partial charge is 0.260 e. The third-order valence-electron chi connectivity index (χ3n) is 7.43. The van der Waals surface area contributed by atoms with Crippen molar-refractivity contribution < 1.29 is 27.8 Å². The molecule has 210 valence electrons. The minimum atomic E-state index is -0.798. The number of hydrogen-bond donors (Lipinski definition) is 1. The number of ether oxygens (including phenoxy) is 3. The summed E-state index contributed by atoms with van der Waals surface area (Å²) in [5, 5.41) is 3.20. The largest absolute Gasteiger partial charge is 0.497 e. The quantitative estimate of drug-likeness (QED) is 0.297. The summed E-state index contributed by atoms with van der Waals surface area (Å²) in [7, 11) is 3.11. The van der Waals surface area contributed by atoms with Crippen molar-refractivity contribution in [2.24, 2.45) is 0 Å². The highest BCUT2D eigenvalue weighted by atomic mass is 19.1. The van der Waals surface area contributed by atoms with E-state index < -0.39 is 11.6 Å². The Balaban J connectivity index is 1.41. The molecule has 2 aliphatic rings. The SMILES string of the molecule is COc1ccc(CN2Cc3nc(-c4c(F)cccc4F)nc(Nc4ccc5c(c4)OCC5(C)C)c3C2=O)c(OC)c1. The van der Waals surface area contributed by atoms with Crippen LogP contribution in [0.4, 0.5) is 20.3 Å². The van der Waals surface area contributed by atoms with Gasteiger partial charge in [-0.2, -0.15) is 0 Å². The average molecular weight is 559 g/mol. The van der Waals surface area contributed by atoms with E-state index in [1.54, 1.807) is 31.3 Å². The van der Waals surface area contributed by atoms with Crippen LogP contribution in [0, 0.1) is 11.6 Å². The van der Waals surface area contributed by atoms with Gasteiger partial charge in [-0.3, -0.25) is 4.79 Å². The van der Waals surface area contributed by atoms with Crippen LogP contribution in [0.1, 0.15) is 41.0 Å². The van der Waals surface area contributed by atoms with Crippen LogP contribution in [0.5, 0.6) is 17.2 Å². The molecule has 3 heterocycles. The van der Waals surface area contributed by atoms with Crippen LogP contribution in [0.15, 0.2) is 54.6 Å². The first-order valence-corrected chi connectivity index (χ1v) is 13.1. The number of aromatic nitrogens is 2. The first-order valence-electron chi connectivity index (χ1n) is 13.1. The van der Waals surface area contributed by atoms with Gasteiger partial charge in [0.25, 0.3) is 5.91 Å². The van der Waals surface area contributed by atoms with Crippen LogP contribution >= 0.6 is 0 Å². The van der Waals surface area contributed by atoms with E-state index in [2.05, 4.69) is 29.1 Å². The lowest BCUT2D eigenvalue weighted by Gasteiger charge is -2.18. The van der Waals surface area contributed by atoms with E-state index in [4.69, 9.17) is 14.2 Å². The molecule has 0 atom stereocenters. The maximum absolute atomic E-state index is 14.8. The molecule has 1 aromatic heterocycles. The van der Waals surface area contributed by atoms with E-state index in [9.17, 15) is 13.6 Å². The summed E-state index contributed by atoms with van der Waals surface area (Å²) in [6.45, 7) is 5.08. The van der Waals surface area contributed by atoms with Crippen molar-refractivity contribution in [3.8, 4) is 28.6 Å². The third kappa shape index (κ3) is 4.69. The molecule has 8 nitrogen and oxygen atoms in total. The number of methoxy groups -OCH3 is 2. The Bertz CT molecular complexity index is 1670. The van der Waals surface area contributed by atoms with Crippen LogP contribution < -0.4 is 19.5 Å². The zero-order valence-electron chi connectivity index (χ0n) is 23.0. The normalized spacial score (nSPS) is 14.9. The topological polar surface area (TPSA) is 85.8 Å². The number of carbonyl (C=O) groups is 1. The Hall–Kier alpha value is -4.73. The van der Waals surface area contributed by atoms with E-state index in [0.29, 0.717) is 29.5 Å².